The van der Waals surface area contributed by atoms with Gasteiger partial charge in [0, 0.05) is 19.3 Å². The third-order valence-corrected chi connectivity index (χ3v) is 14.1. The Morgan fingerprint density at radius 2 is 0.576 bits per heavy atom. The second kappa shape index (κ2) is 52.8. The Bertz CT molecular complexity index is 1010. The van der Waals surface area contributed by atoms with Crippen molar-refractivity contribution in [2.24, 2.45) is 11.8 Å². The SMILES string of the molecule is CCCCCCCCCCCCCCCCCC(=O)O[C@H](COC(=O)CCCCCCCCCCCCCCCCC(C)CC)COC(=O)CCCCCCCCCCCCCCC(C)C. The molecule has 0 saturated carbocycles. The maximum atomic E-state index is 12.9. The highest BCUT2D eigenvalue weighted by molar-refractivity contribution is 5.71. The van der Waals surface area contributed by atoms with Crippen LogP contribution in [0.15, 0.2) is 0 Å². The Morgan fingerprint density at radius 3 is 0.864 bits per heavy atom. The monoisotopic (exact) mass is 933 g/mol. The van der Waals surface area contributed by atoms with E-state index >= 15 is 0 Å². The van der Waals surface area contributed by atoms with Gasteiger partial charge >= 0.3 is 17.9 Å². The van der Waals surface area contributed by atoms with Crippen molar-refractivity contribution in [2.75, 3.05) is 13.2 Å². The summed E-state index contributed by atoms with van der Waals surface area (Å²) >= 11 is 0. The van der Waals surface area contributed by atoms with Gasteiger partial charge in [-0.3, -0.25) is 14.4 Å². The normalized spacial score (nSPS) is 12.5. The van der Waals surface area contributed by atoms with Crippen LogP contribution in [-0.4, -0.2) is 37.2 Å². The predicted octanol–water partition coefficient (Wildman–Crippen LogP) is 19.7. The number of carbonyl (C=O) groups excluding carboxylic acids is 3. The van der Waals surface area contributed by atoms with Crippen molar-refractivity contribution >= 4 is 17.9 Å². The average Bonchev–Trinajstić information content (AvgIpc) is 3.30. The fourth-order valence-corrected chi connectivity index (χ4v) is 9.20. The minimum atomic E-state index is -0.763. The Labute approximate surface area is 412 Å². The molecule has 0 N–H and O–H groups in total. The van der Waals surface area contributed by atoms with Gasteiger partial charge in [0.05, 0.1) is 0 Å². The quantitative estimate of drug-likeness (QED) is 0.0343. The molecule has 6 nitrogen and oxygen atoms in total. The molecule has 0 spiro atoms. The number of rotatable bonds is 54. The number of esters is 3. The highest BCUT2D eigenvalue weighted by atomic mass is 16.6. The Hall–Kier alpha value is -1.59. The van der Waals surface area contributed by atoms with Crippen LogP contribution in [0.25, 0.3) is 0 Å². The van der Waals surface area contributed by atoms with Crippen molar-refractivity contribution in [3.63, 3.8) is 0 Å². The summed E-state index contributed by atoms with van der Waals surface area (Å²) in [4.78, 5) is 38.2. The van der Waals surface area contributed by atoms with Crippen molar-refractivity contribution in [3.8, 4) is 0 Å². The molecule has 0 aromatic heterocycles. The van der Waals surface area contributed by atoms with Gasteiger partial charge in [0.15, 0.2) is 6.10 Å². The molecule has 2 atom stereocenters. The summed E-state index contributed by atoms with van der Waals surface area (Å²) in [5, 5.41) is 0. The lowest BCUT2D eigenvalue weighted by Crippen LogP contribution is -2.30. The van der Waals surface area contributed by atoms with Crippen LogP contribution in [-0.2, 0) is 28.6 Å². The molecule has 0 fully saturated rings. The van der Waals surface area contributed by atoms with Crippen LogP contribution in [0.2, 0.25) is 0 Å². The molecule has 392 valence electrons. The lowest BCUT2D eigenvalue weighted by molar-refractivity contribution is -0.167. The van der Waals surface area contributed by atoms with Crippen LogP contribution in [0.3, 0.4) is 0 Å². The second-order valence-electron chi connectivity index (χ2n) is 21.4. The molecule has 0 amide bonds. The highest BCUT2D eigenvalue weighted by Gasteiger charge is 2.19. The third-order valence-electron chi connectivity index (χ3n) is 14.1. The van der Waals surface area contributed by atoms with E-state index in [2.05, 4.69) is 34.6 Å². The molecular formula is C60H116O6. The molecular weight excluding hydrogens is 817 g/mol. The largest absolute Gasteiger partial charge is 0.462 e. The molecule has 66 heavy (non-hydrogen) atoms. The number of hydrogen-bond donors (Lipinski definition) is 0. The van der Waals surface area contributed by atoms with E-state index in [1.54, 1.807) is 0 Å². The lowest BCUT2D eigenvalue weighted by Gasteiger charge is -2.18. The molecule has 0 saturated heterocycles. The summed E-state index contributed by atoms with van der Waals surface area (Å²) < 4.78 is 16.9. The Balaban J connectivity index is 4.30. The number of unbranched alkanes of at least 4 members (excludes halogenated alkanes) is 38. The minimum Gasteiger partial charge on any atom is -0.462 e. The molecule has 0 aliphatic carbocycles. The van der Waals surface area contributed by atoms with Gasteiger partial charge in [-0.15, -0.1) is 0 Å². The Morgan fingerprint density at radius 1 is 0.318 bits per heavy atom. The molecule has 0 bridgehead atoms. The van der Waals surface area contributed by atoms with Crippen molar-refractivity contribution < 1.29 is 28.6 Å². The van der Waals surface area contributed by atoms with Gasteiger partial charge in [-0.1, -0.05) is 298 Å². The van der Waals surface area contributed by atoms with Crippen LogP contribution in [0.1, 0.15) is 336 Å². The van der Waals surface area contributed by atoms with Gasteiger partial charge in [0.2, 0.25) is 0 Å². The van der Waals surface area contributed by atoms with Gasteiger partial charge in [-0.05, 0) is 31.1 Å². The average molecular weight is 934 g/mol. The lowest BCUT2D eigenvalue weighted by atomic mass is 9.99. The second-order valence-corrected chi connectivity index (χ2v) is 21.4. The summed E-state index contributed by atoms with van der Waals surface area (Å²) in [6.45, 7) is 11.5. The first-order valence-electron chi connectivity index (χ1n) is 29.8. The van der Waals surface area contributed by atoms with Gasteiger partial charge in [-0.25, -0.2) is 0 Å². The first-order valence-corrected chi connectivity index (χ1v) is 29.8. The van der Waals surface area contributed by atoms with E-state index in [0.717, 1.165) is 69.6 Å². The first kappa shape index (κ1) is 64.4. The van der Waals surface area contributed by atoms with Gasteiger partial charge < -0.3 is 14.2 Å². The smallest absolute Gasteiger partial charge is 0.306 e. The zero-order valence-electron chi connectivity index (χ0n) is 45.3. The van der Waals surface area contributed by atoms with Crippen LogP contribution >= 0.6 is 0 Å². The van der Waals surface area contributed by atoms with Crippen molar-refractivity contribution in [1.82, 2.24) is 0 Å². The number of carbonyl (C=O) groups is 3. The van der Waals surface area contributed by atoms with E-state index in [1.165, 1.54) is 225 Å². The van der Waals surface area contributed by atoms with Crippen LogP contribution < -0.4 is 0 Å². The van der Waals surface area contributed by atoms with E-state index in [4.69, 9.17) is 14.2 Å². The van der Waals surface area contributed by atoms with Gasteiger partial charge in [0.25, 0.3) is 0 Å². The van der Waals surface area contributed by atoms with E-state index < -0.39 is 6.10 Å². The molecule has 0 radical (unpaired) electrons. The van der Waals surface area contributed by atoms with Crippen LogP contribution in [0.5, 0.6) is 0 Å². The fraction of sp³-hybridized carbons (Fsp3) is 0.950. The maximum absolute atomic E-state index is 12.9. The van der Waals surface area contributed by atoms with Crippen molar-refractivity contribution in [3.05, 3.63) is 0 Å². The predicted molar refractivity (Wildman–Crippen MR) is 284 cm³/mol. The third kappa shape index (κ3) is 51.8. The van der Waals surface area contributed by atoms with E-state index in [9.17, 15) is 14.4 Å². The number of hydrogen-bond acceptors (Lipinski definition) is 6. The van der Waals surface area contributed by atoms with E-state index in [1.807, 2.05) is 0 Å². The summed E-state index contributed by atoms with van der Waals surface area (Å²) in [6.07, 6.45) is 56.6. The standard InChI is InChI=1S/C60H116O6/c1-6-8-9-10-11-12-13-14-15-20-27-32-37-42-47-52-60(63)66-57(54-65-59(62)51-46-41-36-31-26-22-21-23-28-33-38-43-48-55(3)4)53-64-58(61)50-45-40-35-30-25-19-17-16-18-24-29-34-39-44-49-56(5)7-2/h55-57H,6-54H2,1-5H3/t56?,57-/m1/s1. The molecule has 0 rings (SSSR count). The zero-order valence-corrected chi connectivity index (χ0v) is 45.3. The summed E-state index contributed by atoms with van der Waals surface area (Å²) in [5.74, 6) is 0.893. The van der Waals surface area contributed by atoms with Crippen LogP contribution in [0, 0.1) is 11.8 Å². The molecule has 0 aliphatic heterocycles. The molecule has 0 aromatic carbocycles. The molecule has 0 aliphatic rings. The van der Waals surface area contributed by atoms with Gasteiger partial charge in [-0.2, -0.15) is 0 Å². The van der Waals surface area contributed by atoms with Crippen molar-refractivity contribution in [2.45, 2.75) is 343 Å². The topological polar surface area (TPSA) is 78.9 Å². The van der Waals surface area contributed by atoms with Crippen molar-refractivity contribution in [1.29, 1.82) is 0 Å². The fourth-order valence-electron chi connectivity index (χ4n) is 9.20. The Kier molecular flexibility index (Phi) is 51.5. The molecule has 0 heterocycles. The van der Waals surface area contributed by atoms with Crippen LogP contribution in [0.4, 0.5) is 0 Å². The first-order chi connectivity index (χ1) is 32.3. The molecule has 0 aromatic rings. The summed E-state index contributed by atoms with van der Waals surface area (Å²) in [5.41, 5.74) is 0. The molecule has 6 heteroatoms. The van der Waals surface area contributed by atoms with E-state index in [0.29, 0.717) is 19.3 Å². The minimum absolute atomic E-state index is 0.0624. The zero-order chi connectivity index (χ0) is 48.2. The molecule has 1 unspecified atom stereocenters. The highest BCUT2D eigenvalue weighted by Crippen LogP contribution is 2.19. The summed E-state index contributed by atoms with van der Waals surface area (Å²) in [6, 6.07) is 0. The number of ether oxygens (including phenoxy) is 3. The summed E-state index contributed by atoms with van der Waals surface area (Å²) in [7, 11) is 0. The van der Waals surface area contributed by atoms with E-state index in [-0.39, 0.29) is 31.1 Å². The van der Waals surface area contributed by atoms with Gasteiger partial charge in [0.1, 0.15) is 13.2 Å². The maximum Gasteiger partial charge on any atom is 0.306 e.